The molecule has 3 rings (SSSR count). The molecule has 35 heavy (non-hydrogen) atoms. The molecule has 1 heterocycles. The highest BCUT2D eigenvalue weighted by atomic mass is 16.5. The number of rotatable bonds is 12. The first-order valence-corrected chi connectivity index (χ1v) is 12.2. The molecule has 0 spiro atoms. The Bertz CT molecular complexity index is 1070. The molecule has 0 saturated carbocycles. The van der Waals surface area contributed by atoms with Crippen LogP contribution in [-0.4, -0.2) is 59.0 Å². The van der Waals surface area contributed by atoms with Crippen molar-refractivity contribution in [3.8, 4) is 0 Å². The summed E-state index contributed by atoms with van der Waals surface area (Å²) in [5.41, 5.74) is 3.95. The molecule has 1 aromatic heterocycles. The third-order valence-corrected chi connectivity index (χ3v) is 6.08. The molecule has 6 nitrogen and oxygen atoms in total. The second-order valence-electron chi connectivity index (χ2n) is 9.17. The van der Waals surface area contributed by atoms with Crippen LogP contribution in [0.4, 0.5) is 0 Å². The summed E-state index contributed by atoms with van der Waals surface area (Å²) in [6.45, 7) is 8.28. The highest BCUT2D eigenvalue weighted by Crippen LogP contribution is 2.15. The average molecular weight is 476 g/mol. The van der Waals surface area contributed by atoms with Gasteiger partial charge >= 0.3 is 0 Å². The molecular weight excluding hydrogens is 438 g/mol. The predicted molar refractivity (Wildman–Crippen MR) is 139 cm³/mol. The smallest absolute Gasteiger partial charge is 0.254 e. The van der Waals surface area contributed by atoms with Crippen molar-refractivity contribution in [3.05, 3.63) is 95.3 Å². The Morgan fingerprint density at radius 2 is 1.69 bits per heavy atom. The maximum absolute atomic E-state index is 13.5. The van der Waals surface area contributed by atoms with Crippen LogP contribution >= 0.6 is 0 Å². The van der Waals surface area contributed by atoms with Crippen LogP contribution in [0.5, 0.6) is 0 Å². The summed E-state index contributed by atoms with van der Waals surface area (Å²) in [6.07, 6.45) is 2.71. The quantitative estimate of drug-likeness (QED) is 0.355. The number of ether oxygens (including phenoxy) is 1. The number of aromatic nitrogens is 1. The van der Waals surface area contributed by atoms with Crippen LogP contribution < -0.4 is 0 Å². The van der Waals surface area contributed by atoms with Crippen molar-refractivity contribution in [1.82, 2.24) is 14.4 Å². The number of hydrogen-bond donors (Lipinski definition) is 0. The van der Waals surface area contributed by atoms with Crippen molar-refractivity contribution in [2.24, 2.45) is 0 Å². The van der Waals surface area contributed by atoms with Crippen LogP contribution in [0.25, 0.3) is 0 Å². The zero-order chi connectivity index (χ0) is 25.2. The van der Waals surface area contributed by atoms with Gasteiger partial charge in [0, 0.05) is 50.3 Å². The van der Waals surface area contributed by atoms with E-state index in [1.807, 2.05) is 80.4 Å². The number of carbonyl (C=O) groups excluding carboxylic acids is 2. The fourth-order valence-corrected chi connectivity index (χ4v) is 4.05. The summed E-state index contributed by atoms with van der Waals surface area (Å²) in [5, 5.41) is 0. The summed E-state index contributed by atoms with van der Waals surface area (Å²) >= 11 is 0. The summed E-state index contributed by atoms with van der Waals surface area (Å²) in [5.74, 6) is -0.198. The molecule has 6 heteroatoms. The van der Waals surface area contributed by atoms with E-state index in [2.05, 4.69) is 22.8 Å². The Morgan fingerprint density at radius 3 is 2.34 bits per heavy atom. The maximum atomic E-state index is 13.5. The lowest BCUT2D eigenvalue weighted by molar-refractivity contribution is -0.134. The van der Waals surface area contributed by atoms with Crippen molar-refractivity contribution in [2.45, 2.75) is 46.3 Å². The Morgan fingerprint density at radius 1 is 0.971 bits per heavy atom. The van der Waals surface area contributed by atoms with Crippen molar-refractivity contribution in [2.75, 3.05) is 26.8 Å². The Kier molecular flexibility index (Phi) is 9.67. The minimum absolute atomic E-state index is 0.00197. The highest BCUT2D eigenvalue weighted by Gasteiger charge is 2.24. The minimum Gasteiger partial charge on any atom is -0.385 e. The SMILES string of the molecule is COCCCN(CC(=O)N(Cc1cccn1Cc1ccccc1)C(C)C)C(=O)c1ccc(C)cc1. The van der Waals surface area contributed by atoms with Gasteiger partial charge in [0.25, 0.3) is 5.91 Å². The third-order valence-electron chi connectivity index (χ3n) is 6.08. The van der Waals surface area contributed by atoms with Crippen LogP contribution in [-0.2, 0) is 22.6 Å². The Balaban J connectivity index is 1.74. The van der Waals surface area contributed by atoms with E-state index in [4.69, 9.17) is 4.74 Å². The first kappa shape index (κ1) is 26.2. The fraction of sp³-hybridized carbons (Fsp3) is 0.379. The van der Waals surface area contributed by atoms with Crippen LogP contribution in [0.15, 0.2) is 72.9 Å². The maximum Gasteiger partial charge on any atom is 0.254 e. The van der Waals surface area contributed by atoms with E-state index < -0.39 is 0 Å². The van der Waals surface area contributed by atoms with E-state index >= 15 is 0 Å². The molecule has 0 unspecified atom stereocenters. The lowest BCUT2D eigenvalue weighted by Gasteiger charge is -2.31. The van der Waals surface area contributed by atoms with E-state index in [1.54, 1.807) is 12.0 Å². The molecule has 186 valence electrons. The summed E-state index contributed by atoms with van der Waals surface area (Å²) in [4.78, 5) is 30.3. The number of benzene rings is 2. The van der Waals surface area contributed by atoms with Crippen LogP contribution in [0.1, 0.15) is 47.4 Å². The predicted octanol–water partition coefficient (Wildman–Crippen LogP) is 4.76. The van der Waals surface area contributed by atoms with E-state index in [-0.39, 0.29) is 24.4 Å². The second-order valence-corrected chi connectivity index (χ2v) is 9.17. The van der Waals surface area contributed by atoms with Crippen molar-refractivity contribution in [1.29, 1.82) is 0 Å². The molecular formula is C29H37N3O3. The molecule has 0 saturated heterocycles. The zero-order valence-corrected chi connectivity index (χ0v) is 21.3. The number of amides is 2. The lowest BCUT2D eigenvalue weighted by atomic mass is 10.1. The van der Waals surface area contributed by atoms with Gasteiger partial charge in [-0.1, -0.05) is 48.0 Å². The van der Waals surface area contributed by atoms with Gasteiger partial charge in [0.15, 0.2) is 0 Å². The Labute approximate surface area is 209 Å². The molecule has 0 fully saturated rings. The minimum atomic E-state index is -0.134. The van der Waals surface area contributed by atoms with Crippen LogP contribution in [0.2, 0.25) is 0 Å². The van der Waals surface area contributed by atoms with Crippen molar-refractivity contribution in [3.63, 3.8) is 0 Å². The molecule has 0 N–H and O–H groups in total. The first-order chi connectivity index (χ1) is 16.9. The molecule has 0 atom stereocenters. The summed E-state index contributed by atoms with van der Waals surface area (Å²) in [7, 11) is 1.64. The monoisotopic (exact) mass is 475 g/mol. The van der Waals surface area contributed by atoms with E-state index in [0.717, 1.165) is 17.8 Å². The highest BCUT2D eigenvalue weighted by molar-refractivity contribution is 5.96. The number of nitrogens with zero attached hydrogens (tertiary/aromatic N) is 3. The number of hydrogen-bond acceptors (Lipinski definition) is 3. The summed E-state index contributed by atoms with van der Waals surface area (Å²) in [6, 6.07) is 21.8. The van der Waals surface area contributed by atoms with E-state index in [9.17, 15) is 9.59 Å². The van der Waals surface area contributed by atoms with Gasteiger partial charge in [0.1, 0.15) is 6.54 Å². The van der Waals surface area contributed by atoms with Gasteiger partial charge in [0.05, 0.1) is 6.54 Å². The van der Waals surface area contributed by atoms with E-state index in [0.29, 0.717) is 31.7 Å². The molecule has 2 amide bonds. The zero-order valence-electron chi connectivity index (χ0n) is 21.3. The largest absolute Gasteiger partial charge is 0.385 e. The van der Waals surface area contributed by atoms with Gasteiger partial charge in [-0.05, 0) is 57.0 Å². The lowest BCUT2D eigenvalue weighted by Crippen LogP contribution is -2.45. The molecule has 0 aliphatic heterocycles. The van der Waals surface area contributed by atoms with Gasteiger partial charge in [-0.15, -0.1) is 0 Å². The molecule has 0 aliphatic carbocycles. The van der Waals surface area contributed by atoms with Gasteiger partial charge in [0.2, 0.25) is 5.91 Å². The standard InChI is InChI=1S/C29H37N3O3/c1-23(2)32(21-27-12-8-17-30(27)20-25-10-6-5-7-11-25)28(33)22-31(18-9-19-35-4)29(34)26-15-13-24(3)14-16-26/h5-8,10-17,23H,9,18-22H2,1-4H3. The van der Waals surface area contributed by atoms with Gasteiger partial charge < -0.3 is 19.1 Å². The molecule has 3 aromatic rings. The molecule has 0 aliphatic rings. The third kappa shape index (κ3) is 7.55. The fourth-order valence-electron chi connectivity index (χ4n) is 4.05. The molecule has 0 radical (unpaired) electrons. The van der Waals surface area contributed by atoms with Crippen molar-refractivity contribution < 1.29 is 14.3 Å². The number of carbonyl (C=O) groups is 2. The van der Waals surface area contributed by atoms with Crippen molar-refractivity contribution >= 4 is 11.8 Å². The van der Waals surface area contributed by atoms with Gasteiger partial charge in [-0.2, -0.15) is 0 Å². The van der Waals surface area contributed by atoms with E-state index in [1.165, 1.54) is 5.56 Å². The van der Waals surface area contributed by atoms with Crippen LogP contribution in [0, 0.1) is 6.92 Å². The number of aryl methyl sites for hydroxylation is 1. The molecule has 0 bridgehead atoms. The van der Waals surface area contributed by atoms with Crippen LogP contribution in [0.3, 0.4) is 0 Å². The molecule has 2 aromatic carbocycles. The number of methoxy groups -OCH3 is 1. The first-order valence-electron chi connectivity index (χ1n) is 12.2. The average Bonchev–Trinajstić information content (AvgIpc) is 3.29. The van der Waals surface area contributed by atoms with Gasteiger partial charge in [-0.25, -0.2) is 0 Å². The Hall–Kier alpha value is -3.38. The summed E-state index contributed by atoms with van der Waals surface area (Å²) < 4.78 is 7.35. The normalized spacial score (nSPS) is 11.0. The second kappa shape index (κ2) is 12.9. The topological polar surface area (TPSA) is 54.8 Å². The van der Waals surface area contributed by atoms with Gasteiger partial charge in [-0.3, -0.25) is 9.59 Å².